The molecule has 17 heavy (non-hydrogen) atoms. The van der Waals surface area contributed by atoms with Crippen molar-refractivity contribution in [3.63, 3.8) is 0 Å². The summed E-state index contributed by atoms with van der Waals surface area (Å²) in [6, 6.07) is 11.8. The summed E-state index contributed by atoms with van der Waals surface area (Å²) < 4.78 is 0. The molecule has 0 spiro atoms. The van der Waals surface area contributed by atoms with Gasteiger partial charge in [0.2, 0.25) is 0 Å². The zero-order valence-electron chi connectivity index (χ0n) is 9.59. The Balaban J connectivity index is 2.57. The van der Waals surface area contributed by atoms with Crippen molar-refractivity contribution in [2.45, 2.75) is 13.0 Å². The minimum absolute atomic E-state index is 0.0445. The van der Waals surface area contributed by atoms with E-state index >= 15 is 0 Å². The molecule has 0 bridgehead atoms. The quantitative estimate of drug-likeness (QED) is 0.851. The van der Waals surface area contributed by atoms with E-state index in [4.69, 9.17) is 11.0 Å². The number of benzene rings is 1. The second-order valence-corrected chi connectivity index (χ2v) is 3.95. The molecule has 2 rings (SSSR count). The fraction of sp³-hybridized carbons (Fsp3) is 0.143. The maximum atomic E-state index is 8.87. The Bertz CT molecular complexity index is 568. The van der Waals surface area contributed by atoms with Crippen LogP contribution < -0.4 is 5.73 Å². The summed E-state index contributed by atoms with van der Waals surface area (Å²) in [4.78, 5) is 4.07. The maximum Gasteiger partial charge on any atom is 0.101 e. The molecule has 0 saturated carbocycles. The molecular weight excluding hydrogens is 210 g/mol. The highest BCUT2D eigenvalue weighted by Gasteiger charge is 2.08. The van der Waals surface area contributed by atoms with Gasteiger partial charge in [0.05, 0.1) is 5.56 Å². The molecule has 3 nitrogen and oxygen atoms in total. The maximum absolute atomic E-state index is 8.87. The Hall–Kier alpha value is -2.18. The second kappa shape index (κ2) is 4.77. The first-order valence-electron chi connectivity index (χ1n) is 5.42. The molecule has 84 valence electrons. The molecule has 0 saturated heterocycles. The van der Waals surface area contributed by atoms with Gasteiger partial charge in [0.1, 0.15) is 6.07 Å². The van der Waals surface area contributed by atoms with E-state index in [1.54, 1.807) is 12.4 Å². The second-order valence-electron chi connectivity index (χ2n) is 3.95. The molecule has 0 aliphatic carbocycles. The zero-order valence-corrected chi connectivity index (χ0v) is 9.59. The van der Waals surface area contributed by atoms with Crippen LogP contribution in [0.25, 0.3) is 11.1 Å². The summed E-state index contributed by atoms with van der Waals surface area (Å²) >= 11 is 0. The van der Waals surface area contributed by atoms with Crippen molar-refractivity contribution in [1.82, 2.24) is 4.98 Å². The first-order valence-corrected chi connectivity index (χ1v) is 5.42. The lowest BCUT2D eigenvalue weighted by atomic mass is 9.96. The lowest BCUT2D eigenvalue weighted by Crippen LogP contribution is -2.06. The van der Waals surface area contributed by atoms with E-state index < -0.39 is 0 Å². The topological polar surface area (TPSA) is 62.7 Å². The van der Waals surface area contributed by atoms with Crippen LogP contribution in [0.2, 0.25) is 0 Å². The van der Waals surface area contributed by atoms with Crippen LogP contribution in [0.5, 0.6) is 0 Å². The molecule has 0 aliphatic heterocycles. The predicted octanol–water partition coefficient (Wildman–Crippen LogP) is 2.64. The van der Waals surface area contributed by atoms with Crippen molar-refractivity contribution in [2.75, 3.05) is 0 Å². The molecule has 1 unspecified atom stereocenters. The monoisotopic (exact) mass is 223 g/mol. The smallest absolute Gasteiger partial charge is 0.101 e. The van der Waals surface area contributed by atoms with Crippen LogP contribution in [0, 0.1) is 11.3 Å². The summed E-state index contributed by atoms with van der Waals surface area (Å²) in [7, 11) is 0. The van der Waals surface area contributed by atoms with E-state index in [-0.39, 0.29) is 6.04 Å². The average molecular weight is 223 g/mol. The van der Waals surface area contributed by atoms with Crippen molar-refractivity contribution in [3.8, 4) is 17.2 Å². The Labute approximate surface area is 101 Å². The fourth-order valence-electron chi connectivity index (χ4n) is 1.81. The Morgan fingerprint density at radius 3 is 2.76 bits per heavy atom. The van der Waals surface area contributed by atoms with Gasteiger partial charge in [-0.05, 0) is 24.1 Å². The number of nitrogens with two attached hydrogens (primary N) is 1. The highest BCUT2D eigenvalue weighted by atomic mass is 14.6. The molecule has 0 aliphatic rings. The summed E-state index contributed by atoms with van der Waals surface area (Å²) in [5, 5.41) is 8.87. The third-order valence-corrected chi connectivity index (χ3v) is 2.63. The summed E-state index contributed by atoms with van der Waals surface area (Å²) in [5.41, 5.74) is 9.52. The summed E-state index contributed by atoms with van der Waals surface area (Å²) in [5.74, 6) is 0. The number of aromatic nitrogens is 1. The minimum atomic E-state index is -0.0445. The van der Waals surface area contributed by atoms with Crippen LogP contribution in [0.1, 0.15) is 24.1 Å². The number of nitriles is 1. The zero-order chi connectivity index (χ0) is 12.3. The molecular formula is C14H13N3. The van der Waals surface area contributed by atoms with E-state index in [1.165, 1.54) is 0 Å². The van der Waals surface area contributed by atoms with E-state index in [0.717, 1.165) is 16.7 Å². The van der Waals surface area contributed by atoms with Crippen LogP contribution in [0.3, 0.4) is 0 Å². The first kappa shape index (κ1) is 11.3. The van der Waals surface area contributed by atoms with Crippen LogP contribution in [-0.2, 0) is 0 Å². The molecule has 1 aromatic carbocycles. The van der Waals surface area contributed by atoms with Crippen molar-refractivity contribution < 1.29 is 0 Å². The van der Waals surface area contributed by atoms with Gasteiger partial charge in [0, 0.05) is 24.0 Å². The van der Waals surface area contributed by atoms with Gasteiger partial charge >= 0.3 is 0 Å². The van der Waals surface area contributed by atoms with E-state index in [0.29, 0.717) is 5.56 Å². The van der Waals surface area contributed by atoms with Crippen molar-refractivity contribution in [1.29, 1.82) is 5.26 Å². The minimum Gasteiger partial charge on any atom is -0.324 e. The summed E-state index contributed by atoms with van der Waals surface area (Å²) in [6.45, 7) is 1.94. The molecule has 2 N–H and O–H groups in total. The van der Waals surface area contributed by atoms with E-state index in [1.807, 2.05) is 37.3 Å². The molecule has 3 heteroatoms. The van der Waals surface area contributed by atoms with Crippen molar-refractivity contribution in [2.24, 2.45) is 5.73 Å². The third-order valence-electron chi connectivity index (χ3n) is 2.63. The van der Waals surface area contributed by atoms with Gasteiger partial charge in [-0.25, -0.2) is 0 Å². The van der Waals surface area contributed by atoms with Gasteiger partial charge in [-0.1, -0.05) is 24.3 Å². The van der Waals surface area contributed by atoms with Gasteiger partial charge in [-0.15, -0.1) is 0 Å². The van der Waals surface area contributed by atoms with Gasteiger partial charge in [0.25, 0.3) is 0 Å². The Kier molecular flexibility index (Phi) is 3.17. The standard InChI is InChI=1S/C14H13N3/c1-10(16)13-4-2-3-5-14(13)12-6-11(7-15)8-17-9-12/h2-6,8-10H,16H2,1H3. The molecule has 1 heterocycles. The van der Waals surface area contributed by atoms with Crippen LogP contribution in [-0.4, -0.2) is 4.98 Å². The summed E-state index contributed by atoms with van der Waals surface area (Å²) in [6.07, 6.45) is 3.31. The van der Waals surface area contributed by atoms with Crippen LogP contribution in [0.4, 0.5) is 0 Å². The molecule has 0 fully saturated rings. The number of rotatable bonds is 2. The average Bonchev–Trinajstić information content (AvgIpc) is 2.39. The van der Waals surface area contributed by atoms with E-state index in [9.17, 15) is 0 Å². The number of nitrogens with zero attached hydrogens (tertiary/aromatic N) is 2. The van der Waals surface area contributed by atoms with Gasteiger partial charge in [-0.3, -0.25) is 4.98 Å². The molecule has 2 aromatic rings. The lowest BCUT2D eigenvalue weighted by Gasteiger charge is -2.12. The van der Waals surface area contributed by atoms with Crippen LogP contribution in [0.15, 0.2) is 42.7 Å². The van der Waals surface area contributed by atoms with Gasteiger partial charge in [0.15, 0.2) is 0 Å². The van der Waals surface area contributed by atoms with Crippen molar-refractivity contribution >= 4 is 0 Å². The Morgan fingerprint density at radius 1 is 1.29 bits per heavy atom. The molecule has 1 atom stereocenters. The Morgan fingerprint density at radius 2 is 2.06 bits per heavy atom. The lowest BCUT2D eigenvalue weighted by molar-refractivity contribution is 0.820. The molecule has 0 radical (unpaired) electrons. The first-order chi connectivity index (χ1) is 8.22. The normalized spacial score (nSPS) is 11.8. The number of hydrogen-bond acceptors (Lipinski definition) is 3. The molecule has 0 amide bonds. The SMILES string of the molecule is CC(N)c1ccccc1-c1cncc(C#N)c1. The van der Waals surface area contributed by atoms with Gasteiger partial charge in [-0.2, -0.15) is 5.26 Å². The third kappa shape index (κ3) is 2.32. The van der Waals surface area contributed by atoms with Crippen LogP contribution >= 0.6 is 0 Å². The van der Waals surface area contributed by atoms with Gasteiger partial charge < -0.3 is 5.73 Å². The highest BCUT2D eigenvalue weighted by molar-refractivity contribution is 5.68. The number of pyridine rings is 1. The fourth-order valence-corrected chi connectivity index (χ4v) is 1.81. The predicted molar refractivity (Wildman–Crippen MR) is 67.0 cm³/mol. The highest BCUT2D eigenvalue weighted by Crippen LogP contribution is 2.26. The van der Waals surface area contributed by atoms with Crippen molar-refractivity contribution in [3.05, 3.63) is 53.9 Å². The molecule has 1 aromatic heterocycles. The van der Waals surface area contributed by atoms with E-state index in [2.05, 4.69) is 11.1 Å². The largest absolute Gasteiger partial charge is 0.324 e. The number of hydrogen-bond donors (Lipinski definition) is 1.